The molecule has 98 valence electrons. The number of amides is 1. The minimum absolute atomic E-state index is 0.166. The van der Waals surface area contributed by atoms with E-state index in [1.54, 1.807) is 0 Å². The van der Waals surface area contributed by atoms with E-state index in [9.17, 15) is 9.18 Å². The molecular weight excluding hydrogens is 239 g/mol. The molecule has 0 spiro atoms. The molecule has 0 fully saturated rings. The molecule has 18 heavy (non-hydrogen) atoms. The van der Waals surface area contributed by atoms with Gasteiger partial charge < -0.3 is 22.0 Å². The number of oxime groups is 1. The molecule has 0 aliphatic carbocycles. The summed E-state index contributed by atoms with van der Waals surface area (Å²) in [6, 6.07) is 3.99. The molecule has 6 N–H and O–H groups in total. The highest BCUT2D eigenvalue weighted by Gasteiger charge is 2.08. The number of nitrogens with zero attached hydrogens (tertiary/aromatic N) is 1. The van der Waals surface area contributed by atoms with Gasteiger partial charge in [0.15, 0.2) is 5.84 Å². The Morgan fingerprint density at radius 2 is 2.17 bits per heavy atom. The van der Waals surface area contributed by atoms with Crippen LogP contribution in [-0.2, 0) is 11.3 Å². The summed E-state index contributed by atoms with van der Waals surface area (Å²) in [6.45, 7) is 0.765. The highest BCUT2D eigenvalue weighted by Crippen LogP contribution is 2.11. The SMILES string of the molecule is NC(=O)CCNCc1ccc(F)cc1C(N)=NO. The summed E-state index contributed by atoms with van der Waals surface area (Å²) < 4.78 is 13.1. The van der Waals surface area contributed by atoms with Crippen molar-refractivity contribution in [2.45, 2.75) is 13.0 Å². The Balaban J connectivity index is 2.73. The fraction of sp³-hybridized carbons (Fsp3) is 0.273. The number of benzene rings is 1. The van der Waals surface area contributed by atoms with Gasteiger partial charge in [-0.2, -0.15) is 0 Å². The molecule has 0 aromatic heterocycles. The number of rotatable bonds is 6. The molecule has 1 rings (SSSR count). The predicted octanol–water partition coefficient (Wildman–Crippen LogP) is -0.115. The Hall–Kier alpha value is -2.15. The third-order valence-electron chi connectivity index (χ3n) is 2.32. The van der Waals surface area contributed by atoms with E-state index in [1.165, 1.54) is 18.2 Å². The second-order valence-electron chi connectivity index (χ2n) is 3.68. The Bertz CT molecular complexity index is 462. The van der Waals surface area contributed by atoms with Crippen molar-refractivity contribution in [3.05, 3.63) is 35.1 Å². The van der Waals surface area contributed by atoms with Crippen LogP contribution in [0, 0.1) is 5.82 Å². The van der Waals surface area contributed by atoms with Crippen LogP contribution in [0.25, 0.3) is 0 Å². The minimum Gasteiger partial charge on any atom is -0.409 e. The summed E-state index contributed by atoms with van der Waals surface area (Å²) >= 11 is 0. The lowest BCUT2D eigenvalue weighted by molar-refractivity contribution is -0.117. The summed E-state index contributed by atoms with van der Waals surface area (Å²) in [6.07, 6.45) is 0.208. The Kier molecular flexibility index (Phi) is 5.06. The van der Waals surface area contributed by atoms with Gasteiger partial charge in [-0.15, -0.1) is 0 Å². The van der Waals surface area contributed by atoms with Gasteiger partial charge in [0, 0.05) is 25.1 Å². The zero-order valence-electron chi connectivity index (χ0n) is 9.69. The molecule has 0 unspecified atom stereocenters. The third kappa shape index (κ3) is 4.02. The van der Waals surface area contributed by atoms with Crippen LogP contribution in [0.3, 0.4) is 0 Å². The topological polar surface area (TPSA) is 114 Å². The van der Waals surface area contributed by atoms with Crippen molar-refractivity contribution in [1.29, 1.82) is 0 Å². The molecule has 0 aliphatic heterocycles. The van der Waals surface area contributed by atoms with Gasteiger partial charge in [0.2, 0.25) is 5.91 Å². The summed E-state index contributed by atoms with van der Waals surface area (Å²) in [5.74, 6) is -1.04. The molecule has 7 heteroatoms. The van der Waals surface area contributed by atoms with Gasteiger partial charge in [0.25, 0.3) is 0 Å². The first-order valence-corrected chi connectivity index (χ1v) is 5.30. The molecule has 0 saturated heterocycles. The van der Waals surface area contributed by atoms with Crippen molar-refractivity contribution in [2.24, 2.45) is 16.6 Å². The smallest absolute Gasteiger partial charge is 0.218 e. The number of primary amides is 1. The van der Waals surface area contributed by atoms with E-state index in [4.69, 9.17) is 16.7 Å². The molecule has 6 nitrogen and oxygen atoms in total. The maximum Gasteiger partial charge on any atom is 0.218 e. The van der Waals surface area contributed by atoms with Crippen molar-refractivity contribution in [3.63, 3.8) is 0 Å². The van der Waals surface area contributed by atoms with Crippen molar-refractivity contribution >= 4 is 11.7 Å². The number of amidine groups is 1. The van der Waals surface area contributed by atoms with E-state index in [-0.39, 0.29) is 12.3 Å². The summed E-state index contributed by atoms with van der Waals surface area (Å²) in [5, 5.41) is 14.4. The molecule has 1 amide bonds. The van der Waals surface area contributed by atoms with Crippen molar-refractivity contribution < 1.29 is 14.4 Å². The number of hydrogen-bond acceptors (Lipinski definition) is 4. The Labute approximate surface area is 103 Å². The first kappa shape index (κ1) is 13.9. The number of halogens is 1. The molecule has 0 heterocycles. The normalized spacial score (nSPS) is 11.5. The zero-order valence-corrected chi connectivity index (χ0v) is 9.69. The van der Waals surface area contributed by atoms with Crippen LogP contribution in [-0.4, -0.2) is 23.5 Å². The van der Waals surface area contributed by atoms with Gasteiger partial charge in [0.05, 0.1) is 0 Å². The lowest BCUT2D eigenvalue weighted by atomic mass is 10.1. The highest BCUT2D eigenvalue weighted by atomic mass is 19.1. The van der Waals surface area contributed by atoms with Crippen LogP contribution >= 0.6 is 0 Å². The lowest BCUT2D eigenvalue weighted by Gasteiger charge is -2.09. The second-order valence-corrected chi connectivity index (χ2v) is 3.68. The van der Waals surface area contributed by atoms with E-state index >= 15 is 0 Å². The van der Waals surface area contributed by atoms with Gasteiger partial charge in [-0.3, -0.25) is 4.79 Å². The molecule has 1 aromatic carbocycles. The van der Waals surface area contributed by atoms with Crippen LogP contribution in [0.5, 0.6) is 0 Å². The van der Waals surface area contributed by atoms with Crippen molar-refractivity contribution in [3.8, 4) is 0 Å². The molecular formula is C11H15FN4O2. The quantitative estimate of drug-likeness (QED) is 0.186. The number of nitrogens with one attached hydrogen (secondary N) is 1. The fourth-order valence-corrected chi connectivity index (χ4v) is 1.43. The van der Waals surface area contributed by atoms with Gasteiger partial charge in [-0.1, -0.05) is 11.2 Å². The Morgan fingerprint density at radius 3 is 2.78 bits per heavy atom. The Morgan fingerprint density at radius 1 is 1.44 bits per heavy atom. The summed E-state index contributed by atoms with van der Waals surface area (Å²) in [7, 11) is 0. The molecule has 0 bridgehead atoms. The van der Waals surface area contributed by atoms with Crippen LogP contribution in [0.4, 0.5) is 4.39 Å². The molecule has 0 aliphatic rings. The highest BCUT2D eigenvalue weighted by molar-refractivity contribution is 5.98. The van der Waals surface area contributed by atoms with Crippen molar-refractivity contribution in [1.82, 2.24) is 5.32 Å². The van der Waals surface area contributed by atoms with Crippen LogP contribution < -0.4 is 16.8 Å². The first-order valence-electron chi connectivity index (χ1n) is 5.30. The maximum atomic E-state index is 13.1. The third-order valence-corrected chi connectivity index (χ3v) is 2.32. The lowest BCUT2D eigenvalue weighted by Crippen LogP contribution is -2.24. The monoisotopic (exact) mass is 254 g/mol. The molecule has 0 saturated carbocycles. The number of hydrogen-bond donors (Lipinski definition) is 4. The molecule has 0 radical (unpaired) electrons. The minimum atomic E-state index is -0.475. The van der Waals surface area contributed by atoms with Gasteiger partial charge in [-0.05, 0) is 17.7 Å². The number of carbonyl (C=O) groups excluding carboxylic acids is 1. The van der Waals surface area contributed by atoms with Gasteiger partial charge in [-0.25, -0.2) is 4.39 Å². The van der Waals surface area contributed by atoms with Gasteiger partial charge >= 0.3 is 0 Å². The van der Waals surface area contributed by atoms with Crippen LogP contribution in [0.1, 0.15) is 17.5 Å². The number of nitrogens with two attached hydrogens (primary N) is 2. The van der Waals surface area contributed by atoms with Crippen LogP contribution in [0.2, 0.25) is 0 Å². The van der Waals surface area contributed by atoms with E-state index < -0.39 is 11.7 Å². The average molecular weight is 254 g/mol. The number of carbonyl (C=O) groups is 1. The largest absolute Gasteiger partial charge is 0.409 e. The zero-order chi connectivity index (χ0) is 13.5. The maximum absolute atomic E-state index is 13.1. The molecule has 1 aromatic rings. The van der Waals surface area contributed by atoms with Gasteiger partial charge in [0.1, 0.15) is 5.82 Å². The van der Waals surface area contributed by atoms with Crippen molar-refractivity contribution in [2.75, 3.05) is 6.54 Å². The van der Waals surface area contributed by atoms with E-state index in [1.807, 2.05) is 0 Å². The first-order chi connectivity index (χ1) is 8.54. The fourth-order valence-electron chi connectivity index (χ4n) is 1.43. The van der Waals surface area contributed by atoms with Crippen LogP contribution in [0.15, 0.2) is 23.4 Å². The van der Waals surface area contributed by atoms with E-state index in [0.717, 1.165) is 0 Å². The molecule has 0 atom stereocenters. The summed E-state index contributed by atoms with van der Waals surface area (Å²) in [4.78, 5) is 10.5. The standard InChI is InChI=1S/C11H15FN4O2/c12-8-2-1-7(6-15-4-3-10(13)17)9(5-8)11(14)16-18/h1-2,5,15,18H,3-4,6H2,(H2,13,17)(H2,14,16). The summed E-state index contributed by atoms with van der Waals surface area (Å²) in [5.41, 5.74) is 11.4. The average Bonchev–Trinajstić information content (AvgIpc) is 2.34. The second kappa shape index (κ2) is 6.55. The van der Waals surface area contributed by atoms with E-state index in [0.29, 0.717) is 24.2 Å². The van der Waals surface area contributed by atoms with E-state index in [2.05, 4.69) is 10.5 Å². The predicted molar refractivity (Wildman–Crippen MR) is 64.4 cm³/mol.